The van der Waals surface area contributed by atoms with Crippen molar-refractivity contribution in [3.05, 3.63) is 99.5 Å². The SMILES string of the molecule is CCOc1cccc(C2/C(=C(/O)c3ccc(Cl)cc3)C(=O)C(=O)N2c2ccc(Cl)cc2)c1. The molecule has 0 aromatic heterocycles. The second-order valence-corrected chi connectivity index (χ2v) is 8.03. The highest BCUT2D eigenvalue weighted by Gasteiger charge is 2.47. The van der Waals surface area contributed by atoms with Crippen molar-refractivity contribution < 1.29 is 19.4 Å². The van der Waals surface area contributed by atoms with E-state index in [1.807, 2.05) is 6.92 Å². The highest BCUT2D eigenvalue weighted by molar-refractivity contribution is 6.51. The highest BCUT2D eigenvalue weighted by atomic mass is 35.5. The van der Waals surface area contributed by atoms with E-state index in [-0.39, 0.29) is 11.3 Å². The van der Waals surface area contributed by atoms with Crippen molar-refractivity contribution in [2.75, 3.05) is 11.5 Å². The van der Waals surface area contributed by atoms with Crippen LogP contribution in [0.3, 0.4) is 0 Å². The number of carbonyl (C=O) groups is 2. The molecule has 0 spiro atoms. The van der Waals surface area contributed by atoms with E-state index < -0.39 is 17.7 Å². The number of hydrogen-bond donors (Lipinski definition) is 1. The average molecular weight is 468 g/mol. The fourth-order valence-corrected chi connectivity index (χ4v) is 3.97. The van der Waals surface area contributed by atoms with Gasteiger partial charge in [0, 0.05) is 21.3 Å². The molecule has 0 bridgehead atoms. The van der Waals surface area contributed by atoms with Crippen LogP contribution in [0, 0.1) is 0 Å². The summed E-state index contributed by atoms with van der Waals surface area (Å²) in [5, 5.41) is 12.1. The van der Waals surface area contributed by atoms with E-state index in [1.54, 1.807) is 72.8 Å². The summed E-state index contributed by atoms with van der Waals surface area (Å²) < 4.78 is 5.61. The Morgan fingerprint density at radius 3 is 2.22 bits per heavy atom. The summed E-state index contributed by atoms with van der Waals surface area (Å²) in [5.74, 6) is -1.20. The van der Waals surface area contributed by atoms with Crippen LogP contribution >= 0.6 is 23.2 Å². The number of carbonyl (C=O) groups excluding carboxylic acids is 2. The van der Waals surface area contributed by atoms with Gasteiger partial charge in [0.15, 0.2) is 0 Å². The third-order valence-corrected chi connectivity index (χ3v) is 5.66. The molecule has 1 saturated heterocycles. The molecule has 5 nitrogen and oxygen atoms in total. The van der Waals surface area contributed by atoms with E-state index in [2.05, 4.69) is 0 Å². The van der Waals surface area contributed by atoms with Crippen molar-refractivity contribution in [1.82, 2.24) is 0 Å². The molecular weight excluding hydrogens is 449 g/mol. The Balaban J connectivity index is 1.93. The number of aliphatic hydroxyl groups excluding tert-OH is 1. The molecular formula is C25H19Cl2NO4. The molecule has 1 aliphatic heterocycles. The maximum absolute atomic E-state index is 13.1. The summed E-state index contributed by atoms with van der Waals surface area (Å²) in [6.45, 7) is 2.33. The van der Waals surface area contributed by atoms with E-state index >= 15 is 0 Å². The second kappa shape index (κ2) is 9.07. The first kappa shape index (κ1) is 21.9. The maximum Gasteiger partial charge on any atom is 0.300 e. The zero-order chi connectivity index (χ0) is 22.8. The molecule has 32 heavy (non-hydrogen) atoms. The van der Waals surface area contributed by atoms with Gasteiger partial charge in [-0.15, -0.1) is 0 Å². The standard InChI is InChI=1S/C25H19Cl2NO4/c1-2-32-20-5-3-4-16(14-20)22-21(23(29)15-6-8-17(26)9-7-15)24(30)25(31)28(22)19-12-10-18(27)11-13-19/h3-14,22,29H,2H2,1H3/b23-21-. The predicted octanol–water partition coefficient (Wildman–Crippen LogP) is 6.02. The van der Waals surface area contributed by atoms with Crippen LogP contribution in [0.5, 0.6) is 5.75 Å². The van der Waals surface area contributed by atoms with Crippen molar-refractivity contribution in [1.29, 1.82) is 0 Å². The Kier molecular flexibility index (Phi) is 6.21. The van der Waals surface area contributed by atoms with Crippen LogP contribution in [0.1, 0.15) is 24.1 Å². The van der Waals surface area contributed by atoms with Gasteiger partial charge >= 0.3 is 0 Å². The smallest absolute Gasteiger partial charge is 0.300 e. The van der Waals surface area contributed by atoms with E-state index in [0.29, 0.717) is 39.2 Å². The Labute approximate surface area is 195 Å². The fraction of sp³-hybridized carbons (Fsp3) is 0.120. The number of hydrogen-bond acceptors (Lipinski definition) is 4. The summed E-state index contributed by atoms with van der Waals surface area (Å²) >= 11 is 12.0. The molecule has 1 atom stereocenters. The van der Waals surface area contributed by atoms with Gasteiger partial charge in [0.1, 0.15) is 11.5 Å². The number of halogens is 2. The molecule has 1 heterocycles. The van der Waals surface area contributed by atoms with Crippen molar-refractivity contribution in [3.8, 4) is 5.75 Å². The monoisotopic (exact) mass is 467 g/mol. The third-order valence-electron chi connectivity index (χ3n) is 5.15. The van der Waals surface area contributed by atoms with Gasteiger partial charge in [0.25, 0.3) is 11.7 Å². The molecule has 1 unspecified atom stereocenters. The topological polar surface area (TPSA) is 66.8 Å². The first-order chi connectivity index (χ1) is 15.4. The number of rotatable bonds is 5. The first-order valence-electron chi connectivity index (χ1n) is 9.96. The molecule has 1 fully saturated rings. The molecule has 4 rings (SSSR count). The maximum atomic E-state index is 13.1. The minimum atomic E-state index is -0.854. The molecule has 1 N–H and O–H groups in total. The number of amides is 1. The largest absolute Gasteiger partial charge is 0.507 e. The second-order valence-electron chi connectivity index (χ2n) is 7.16. The predicted molar refractivity (Wildman–Crippen MR) is 125 cm³/mol. The molecule has 0 aliphatic carbocycles. The fourth-order valence-electron chi connectivity index (χ4n) is 3.72. The van der Waals surface area contributed by atoms with Gasteiger partial charge in [0.05, 0.1) is 18.2 Å². The number of benzene rings is 3. The molecule has 3 aromatic rings. The summed E-state index contributed by atoms with van der Waals surface area (Å²) in [7, 11) is 0. The van der Waals surface area contributed by atoms with E-state index in [0.717, 1.165) is 0 Å². The number of aliphatic hydroxyl groups is 1. The number of Topliss-reactive ketones (excluding diaryl/α,β-unsaturated/α-hetero) is 1. The lowest BCUT2D eigenvalue weighted by atomic mass is 9.95. The summed E-state index contributed by atoms with van der Waals surface area (Å²) in [6.07, 6.45) is 0. The lowest BCUT2D eigenvalue weighted by Crippen LogP contribution is -2.29. The van der Waals surface area contributed by atoms with E-state index in [1.165, 1.54) is 4.90 Å². The van der Waals surface area contributed by atoms with Gasteiger partial charge in [-0.2, -0.15) is 0 Å². The molecule has 7 heteroatoms. The van der Waals surface area contributed by atoms with Gasteiger partial charge in [-0.1, -0.05) is 35.3 Å². The zero-order valence-electron chi connectivity index (χ0n) is 17.1. The lowest BCUT2D eigenvalue weighted by molar-refractivity contribution is -0.132. The molecule has 1 amide bonds. The Bertz CT molecular complexity index is 1200. The Morgan fingerprint density at radius 2 is 1.59 bits per heavy atom. The normalized spacial score (nSPS) is 17.6. The van der Waals surface area contributed by atoms with Crippen LogP contribution < -0.4 is 9.64 Å². The Morgan fingerprint density at radius 1 is 0.969 bits per heavy atom. The lowest BCUT2D eigenvalue weighted by Gasteiger charge is -2.26. The number of ether oxygens (including phenoxy) is 1. The van der Waals surface area contributed by atoms with Crippen molar-refractivity contribution >= 4 is 46.3 Å². The summed E-state index contributed by atoms with van der Waals surface area (Å²) in [6, 6.07) is 19.3. The van der Waals surface area contributed by atoms with Crippen LogP contribution in [0.4, 0.5) is 5.69 Å². The van der Waals surface area contributed by atoms with E-state index in [4.69, 9.17) is 27.9 Å². The van der Waals surface area contributed by atoms with Crippen LogP contribution in [-0.4, -0.2) is 23.4 Å². The molecule has 3 aromatic carbocycles. The molecule has 0 radical (unpaired) electrons. The van der Waals surface area contributed by atoms with Crippen LogP contribution in [0.25, 0.3) is 5.76 Å². The van der Waals surface area contributed by atoms with Crippen molar-refractivity contribution in [2.24, 2.45) is 0 Å². The van der Waals surface area contributed by atoms with Gasteiger partial charge in [-0.05, 0) is 73.2 Å². The van der Waals surface area contributed by atoms with Gasteiger partial charge in [0.2, 0.25) is 0 Å². The zero-order valence-corrected chi connectivity index (χ0v) is 18.6. The number of nitrogens with zero attached hydrogens (tertiary/aromatic N) is 1. The Hall–Kier alpha value is -3.28. The third kappa shape index (κ3) is 4.09. The minimum Gasteiger partial charge on any atom is -0.507 e. The summed E-state index contributed by atoms with van der Waals surface area (Å²) in [5.41, 5.74) is 1.48. The molecule has 162 valence electrons. The quantitative estimate of drug-likeness (QED) is 0.283. The van der Waals surface area contributed by atoms with Crippen LogP contribution in [0.15, 0.2) is 78.4 Å². The van der Waals surface area contributed by atoms with Gasteiger partial charge in [-0.3, -0.25) is 14.5 Å². The summed E-state index contributed by atoms with van der Waals surface area (Å²) in [4.78, 5) is 27.6. The van der Waals surface area contributed by atoms with Crippen molar-refractivity contribution in [3.63, 3.8) is 0 Å². The molecule has 0 saturated carbocycles. The molecule has 1 aliphatic rings. The average Bonchev–Trinajstić information content (AvgIpc) is 3.05. The number of ketones is 1. The van der Waals surface area contributed by atoms with Crippen molar-refractivity contribution in [2.45, 2.75) is 13.0 Å². The van der Waals surface area contributed by atoms with Gasteiger partial charge < -0.3 is 9.84 Å². The van der Waals surface area contributed by atoms with E-state index in [9.17, 15) is 14.7 Å². The highest BCUT2D eigenvalue weighted by Crippen LogP contribution is 2.43. The van der Waals surface area contributed by atoms with Crippen LogP contribution in [0.2, 0.25) is 10.0 Å². The first-order valence-corrected chi connectivity index (χ1v) is 10.7. The van der Waals surface area contributed by atoms with Crippen LogP contribution in [-0.2, 0) is 9.59 Å². The number of anilines is 1. The van der Waals surface area contributed by atoms with Gasteiger partial charge in [-0.25, -0.2) is 0 Å². The minimum absolute atomic E-state index is 0.0130.